The van der Waals surface area contributed by atoms with Gasteiger partial charge in [0.2, 0.25) is 0 Å². The Hall–Kier alpha value is -7.68. The first kappa shape index (κ1) is 38.5. The van der Waals surface area contributed by atoms with Gasteiger partial charge in [-0.2, -0.15) is 0 Å². The number of hydrogen-bond acceptors (Lipinski definition) is 2. The summed E-state index contributed by atoms with van der Waals surface area (Å²) in [6.45, 7) is 9.12. The van der Waals surface area contributed by atoms with Crippen molar-refractivity contribution in [2.24, 2.45) is 0 Å². The Labute approximate surface area is 365 Å². The monoisotopic (exact) mass is 796 g/mol. The lowest BCUT2D eigenvalue weighted by atomic mass is 9.88. The number of fused-ring (bicyclic) bond motifs is 2. The molecule has 0 amide bonds. The molecule has 0 fully saturated rings. The largest absolute Gasteiger partial charge is 0.309 e. The molecule has 10 aromatic rings. The zero-order valence-corrected chi connectivity index (χ0v) is 35.7. The summed E-state index contributed by atoms with van der Waals surface area (Å²) in [4.78, 5) is 4.92. The molecule has 0 N–H and O–H groups in total. The molecule has 298 valence electrons. The smallest absolute Gasteiger partial charge is 0.0540 e. The van der Waals surface area contributed by atoms with Crippen LogP contribution >= 0.6 is 0 Å². The molecule has 0 spiro atoms. The first-order valence-electron chi connectivity index (χ1n) is 21.5. The summed E-state index contributed by atoms with van der Waals surface area (Å²) in [6.07, 6.45) is 0. The number of hydrogen-bond donors (Lipinski definition) is 0. The average molecular weight is 797 g/mol. The van der Waals surface area contributed by atoms with Crippen molar-refractivity contribution in [3.63, 3.8) is 0 Å². The van der Waals surface area contributed by atoms with Crippen LogP contribution in [-0.2, 0) is 0 Å². The van der Waals surface area contributed by atoms with E-state index in [9.17, 15) is 0 Å². The predicted molar refractivity (Wildman–Crippen MR) is 266 cm³/mol. The standard InChI is InChI=1S/C60H48N2/c1-41-37-49(61(57-35-19-27-47-25-11-13-29-53(47)57)55-33-17-15-31-51(55)45-21-7-5-8-22-45)38-42(2)59(41)60-43(3)39-50(40-44(60)4)62(58-36-20-28-48-26-12-14-30-54(48)58)56-34-18-16-32-52(56)46-23-9-6-10-24-46/h5-40H,1-4H3. The number of aryl methyl sites for hydroxylation is 4. The van der Waals surface area contributed by atoms with Crippen molar-refractivity contribution < 1.29 is 0 Å². The highest BCUT2D eigenvalue weighted by atomic mass is 15.2. The summed E-state index contributed by atoms with van der Waals surface area (Å²) < 4.78 is 0. The van der Waals surface area contributed by atoms with E-state index in [1.54, 1.807) is 0 Å². The number of benzene rings is 10. The first-order chi connectivity index (χ1) is 30.4. The summed E-state index contributed by atoms with van der Waals surface area (Å²) in [5.41, 5.74) is 19.1. The van der Waals surface area contributed by atoms with Crippen LogP contribution in [0.15, 0.2) is 218 Å². The fraction of sp³-hybridized carbons (Fsp3) is 0.0667. The second-order valence-corrected chi connectivity index (χ2v) is 16.3. The summed E-state index contributed by atoms with van der Waals surface area (Å²) >= 11 is 0. The molecule has 0 saturated heterocycles. The van der Waals surface area contributed by atoms with E-state index in [4.69, 9.17) is 0 Å². The van der Waals surface area contributed by atoms with Crippen LogP contribution in [0.4, 0.5) is 34.1 Å². The molecule has 2 heteroatoms. The molecule has 10 aromatic carbocycles. The molecule has 0 bridgehead atoms. The van der Waals surface area contributed by atoms with Crippen molar-refractivity contribution in [1.29, 1.82) is 0 Å². The van der Waals surface area contributed by atoms with E-state index in [1.165, 1.54) is 77.2 Å². The van der Waals surface area contributed by atoms with Crippen LogP contribution in [0.1, 0.15) is 22.3 Å². The van der Waals surface area contributed by atoms with Gasteiger partial charge in [-0.3, -0.25) is 0 Å². The van der Waals surface area contributed by atoms with Gasteiger partial charge in [-0.25, -0.2) is 0 Å². The van der Waals surface area contributed by atoms with Crippen molar-refractivity contribution >= 4 is 55.7 Å². The fourth-order valence-corrected chi connectivity index (χ4v) is 9.61. The minimum atomic E-state index is 1.13. The lowest BCUT2D eigenvalue weighted by Gasteiger charge is -2.31. The fourth-order valence-electron chi connectivity index (χ4n) is 9.61. The Morgan fingerprint density at radius 3 is 0.984 bits per heavy atom. The summed E-state index contributed by atoms with van der Waals surface area (Å²) in [5.74, 6) is 0. The first-order valence-corrected chi connectivity index (χ1v) is 21.5. The van der Waals surface area contributed by atoms with Crippen molar-refractivity contribution in [3.05, 3.63) is 241 Å². The van der Waals surface area contributed by atoms with Crippen LogP contribution in [0.25, 0.3) is 54.9 Å². The van der Waals surface area contributed by atoms with Gasteiger partial charge < -0.3 is 9.80 Å². The van der Waals surface area contributed by atoms with E-state index >= 15 is 0 Å². The average Bonchev–Trinajstić information content (AvgIpc) is 3.31. The molecule has 0 atom stereocenters. The number of para-hydroxylation sites is 2. The van der Waals surface area contributed by atoms with E-state index in [2.05, 4.69) is 256 Å². The Kier molecular flexibility index (Phi) is 10.2. The van der Waals surface area contributed by atoms with Gasteiger partial charge in [0.05, 0.1) is 22.7 Å². The topological polar surface area (TPSA) is 6.48 Å². The molecule has 0 saturated carbocycles. The van der Waals surface area contributed by atoms with Crippen LogP contribution in [0.2, 0.25) is 0 Å². The number of anilines is 6. The molecule has 0 heterocycles. The van der Waals surface area contributed by atoms with Crippen molar-refractivity contribution in [2.75, 3.05) is 9.80 Å². The number of rotatable bonds is 9. The van der Waals surface area contributed by atoms with Crippen molar-refractivity contribution in [2.45, 2.75) is 27.7 Å². The molecule has 10 rings (SSSR count). The molecule has 0 aliphatic heterocycles. The zero-order valence-electron chi connectivity index (χ0n) is 35.7. The minimum Gasteiger partial charge on any atom is -0.309 e. The zero-order chi connectivity index (χ0) is 42.2. The maximum absolute atomic E-state index is 2.46. The van der Waals surface area contributed by atoms with Crippen LogP contribution in [0.3, 0.4) is 0 Å². The van der Waals surface area contributed by atoms with Crippen LogP contribution in [0.5, 0.6) is 0 Å². The third kappa shape index (κ3) is 7.00. The molecule has 0 unspecified atom stereocenters. The van der Waals surface area contributed by atoms with Gasteiger partial charge >= 0.3 is 0 Å². The van der Waals surface area contributed by atoms with Crippen molar-refractivity contribution in [1.82, 2.24) is 0 Å². The second kappa shape index (κ2) is 16.4. The Balaban J connectivity index is 1.14. The van der Waals surface area contributed by atoms with E-state index in [0.717, 1.165) is 34.1 Å². The Morgan fingerprint density at radius 1 is 0.274 bits per heavy atom. The predicted octanol–water partition coefficient (Wildman–Crippen LogP) is 17.2. The highest BCUT2D eigenvalue weighted by Crippen LogP contribution is 2.48. The highest BCUT2D eigenvalue weighted by Gasteiger charge is 2.24. The lowest BCUT2D eigenvalue weighted by Crippen LogP contribution is -2.13. The Morgan fingerprint density at radius 2 is 0.581 bits per heavy atom. The van der Waals surface area contributed by atoms with Crippen LogP contribution in [0, 0.1) is 27.7 Å². The van der Waals surface area contributed by atoms with Crippen LogP contribution in [-0.4, -0.2) is 0 Å². The Bertz CT molecular complexity index is 2960. The van der Waals surface area contributed by atoms with E-state index in [1.807, 2.05) is 0 Å². The second-order valence-electron chi connectivity index (χ2n) is 16.3. The van der Waals surface area contributed by atoms with Gasteiger partial charge in [0.25, 0.3) is 0 Å². The van der Waals surface area contributed by atoms with Gasteiger partial charge in [-0.05, 0) is 132 Å². The van der Waals surface area contributed by atoms with Gasteiger partial charge in [0, 0.05) is 33.3 Å². The molecule has 0 radical (unpaired) electrons. The lowest BCUT2D eigenvalue weighted by molar-refractivity contribution is 1.24. The van der Waals surface area contributed by atoms with Crippen molar-refractivity contribution in [3.8, 4) is 33.4 Å². The molecular weight excluding hydrogens is 749 g/mol. The van der Waals surface area contributed by atoms with E-state index in [0.29, 0.717) is 0 Å². The van der Waals surface area contributed by atoms with E-state index < -0.39 is 0 Å². The maximum atomic E-state index is 2.46. The highest BCUT2D eigenvalue weighted by molar-refractivity contribution is 6.03. The molecule has 0 aliphatic carbocycles. The summed E-state index contributed by atoms with van der Waals surface area (Å²) in [7, 11) is 0. The van der Waals surface area contributed by atoms with Gasteiger partial charge in [0.1, 0.15) is 0 Å². The molecule has 2 nitrogen and oxygen atoms in total. The summed E-state index contributed by atoms with van der Waals surface area (Å²) in [5, 5.41) is 4.85. The third-order valence-corrected chi connectivity index (χ3v) is 12.3. The third-order valence-electron chi connectivity index (χ3n) is 12.3. The van der Waals surface area contributed by atoms with Gasteiger partial charge in [0.15, 0.2) is 0 Å². The molecule has 0 aromatic heterocycles. The van der Waals surface area contributed by atoms with E-state index in [-0.39, 0.29) is 0 Å². The molecule has 0 aliphatic rings. The number of nitrogens with zero attached hydrogens (tertiary/aromatic N) is 2. The van der Waals surface area contributed by atoms with Gasteiger partial charge in [-0.15, -0.1) is 0 Å². The molecule has 62 heavy (non-hydrogen) atoms. The summed E-state index contributed by atoms with van der Waals surface area (Å²) in [6, 6.07) is 79.3. The molecular formula is C60H48N2. The minimum absolute atomic E-state index is 1.13. The van der Waals surface area contributed by atoms with Crippen LogP contribution < -0.4 is 9.80 Å². The maximum Gasteiger partial charge on any atom is 0.0540 e. The normalized spacial score (nSPS) is 11.2. The SMILES string of the molecule is Cc1cc(N(c2ccccc2-c2ccccc2)c2cccc3ccccc23)cc(C)c1-c1c(C)cc(N(c2ccccc2-c2ccccc2)c2cccc3ccccc23)cc1C. The van der Waals surface area contributed by atoms with Gasteiger partial charge in [-0.1, -0.05) is 170 Å². The quantitative estimate of drug-likeness (QED) is 0.144.